The molecule has 1 saturated carbocycles. The van der Waals surface area contributed by atoms with Crippen molar-refractivity contribution in [2.75, 3.05) is 10.6 Å². The lowest BCUT2D eigenvalue weighted by atomic mass is 10.1. The van der Waals surface area contributed by atoms with Gasteiger partial charge in [-0.3, -0.25) is 9.59 Å². The van der Waals surface area contributed by atoms with Gasteiger partial charge in [-0.1, -0.05) is 43.4 Å². The van der Waals surface area contributed by atoms with Crippen molar-refractivity contribution in [1.29, 1.82) is 0 Å². The number of hydrogen-bond donors (Lipinski definition) is 2. The first-order valence-corrected chi connectivity index (χ1v) is 12.8. The van der Waals surface area contributed by atoms with Crippen molar-refractivity contribution in [3.63, 3.8) is 0 Å². The molecule has 0 saturated heterocycles. The Balaban J connectivity index is 1.25. The van der Waals surface area contributed by atoms with Gasteiger partial charge in [0.15, 0.2) is 5.13 Å². The third kappa shape index (κ3) is 6.19. The second-order valence-corrected chi connectivity index (χ2v) is 11.1. The maximum atomic E-state index is 14.4. The molecule has 6 nitrogen and oxygen atoms in total. The smallest absolute Gasteiger partial charge is 0.416 e. The molecule has 2 N–H and O–H groups in total. The molecule has 1 aromatic heterocycles. The highest BCUT2D eigenvalue weighted by atomic mass is 32.1. The molecule has 1 unspecified atom stereocenters. The number of halogens is 4. The molecular weight excluding hydrogens is 534 g/mol. The van der Waals surface area contributed by atoms with Crippen LogP contribution in [0.5, 0.6) is 11.5 Å². The molecule has 202 valence electrons. The topological polar surface area (TPSA) is 80.3 Å². The summed E-state index contributed by atoms with van der Waals surface area (Å²) in [4.78, 5) is 29.3. The predicted molar refractivity (Wildman–Crippen MR) is 140 cm³/mol. The Morgan fingerprint density at radius 3 is 2.49 bits per heavy atom. The molecule has 1 aliphatic rings. The summed E-state index contributed by atoms with van der Waals surface area (Å²) in [6.07, 6.45) is -4.06. The van der Waals surface area contributed by atoms with Gasteiger partial charge in [0.05, 0.1) is 27.9 Å². The van der Waals surface area contributed by atoms with E-state index in [1.807, 2.05) is 13.8 Å². The first-order chi connectivity index (χ1) is 18.4. The van der Waals surface area contributed by atoms with E-state index in [2.05, 4.69) is 15.6 Å². The number of carbonyl (C=O) groups excluding carboxylic acids is 2. The summed E-state index contributed by atoms with van der Waals surface area (Å²) >= 11 is 1.30. The molecule has 1 aliphatic carbocycles. The number of alkyl halides is 3. The number of carbonyl (C=O) groups is 2. The summed E-state index contributed by atoms with van der Waals surface area (Å²) in [5.41, 5.74) is -0.207. The Morgan fingerprint density at radius 2 is 1.77 bits per heavy atom. The Hall–Kier alpha value is -3.99. The van der Waals surface area contributed by atoms with E-state index in [0.29, 0.717) is 16.4 Å². The first kappa shape index (κ1) is 26.6. The van der Waals surface area contributed by atoms with Gasteiger partial charge in [-0.2, -0.15) is 13.2 Å². The van der Waals surface area contributed by atoms with Crippen LogP contribution in [0.15, 0.2) is 60.7 Å². The molecule has 39 heavy (non-hydrogen) atoms. The monoisotopic (exact) mass is 557 g/mol. The molecular formula is C28H23F4N3O3S. The van der Waals surface area contributed by atoms with Crippen LogP contribution in [0.3, 0.4) is 0 Å². The van der Waals surface area contributed by atoms with Gasteiger partial charge < -0.3 is 15.4 Å². The van der Waals surface area contributed by atoms with Crippen molar-refractivity contribution in [2.45, 2.75) is 32.9 Å². The van der Waals surface area contributed by atoms with Crippen LogP contribution in [-0.4, -0.2) is 16.8 Å². The number of nitrogens with one attached hydrogen (secondary N) is 2. The fourth-order valence-corrected chi connectivity index (χ4v) is 5.06. The summed E-state index contributed by atoms with van der Waals surface area (Å²) in [5, 5.41) is 5.75. The second-order valence-electron chi connectivity index (χ2n) is 10.0. The predicted octanol–water partition coefficient (Wildman–Crippen LogP) is 7.41. The van der Waals surface area contributed by atoms with Crippen molar-refractivity contribution in [2.24, 2.45) is 11.3 Å². The van der Waals surface area contributed by atoms with Crippen LogP contribution < -0.4 is 15.4 Å². The number of thiazole rings is 1. The van der Waals surface area contributed by atoms with Gasteiger partial charge in [0, 0.05) is 18.1 Å². The molecule has 0 spiro atoms. The molecule has 1 heterocycles. The zero-order valence-corrected chi connectivity index (χ0v) is 21.7. The van der Waals surface area contributed by atoms with Gasteiger partial charge in [0.1, 0.15) is 17.3 Å². The number of hydrogen-bond acceptors (Lipinski definition) is 5. The highest BCUT2D eigenvalue weighted by Crippen LogP contribution is 2.52. The van der Waals surface area contributed by atoms with Crippen molar-refractivity contribution >= 4 is 44.2 Å². The van der Waals surface area contributed by atoms with Crippen LogP contribution in [0.4, 0.5) is 28.4 Å². The number of anilines is 2. The molecule has 1 fully saturated rings. The minimum absolute atomic E-state index is 0.00739. The van der Waals surface area contributed by atoms with E-state index in [-0.39, 0.29) is 40.7 Å². The highest BCUT2D eigenvalue weighted by Gasteiger charge is 2.50. The Kier molecular flexibility index (Phi) is 6.79. The van der Waals surface area contributed by atoms with Gasteiger partial charge in [0.25, 0.3) is 0 Å². The lowest BCUT2D eigenvalue weighted by Gasteiger charge is -2.11. The molecule has 2 amide bonds. The van der Waals surface area contributed by atoms with E-state index < -0.39 is 23.5 Å². The van der Waals surface area contributed by atoms with Gasteiger partial charge in [0.2, 0.25) is 11.8 Å². The molecule has 3 aromatic carbocycles. The average molecular weight is 558 g/mol. The fraction of sp³-hybridized carbons (Fsp3) is 0.250. The number of benzene rings is 3. The fourth-order valence-electron chi connectivity index (χ4n) is 4.17. The van der Waals surface area contributed by atoms with Crippen molar-refractivity contribution in [3.05, 3.63) is 77.6 Å². The van der Waals surface area contributed by atoms with Crippen molar-refractivity contribution in [1.82, 2.24) is 4.98 Å². The van der Waals surface area contributed by atoms with Crippen LogP contribution in [0.1, 0.15) is 31.4 Å². The van der Waals surface area contributed by atoms with Crippen LogP contribution in [0.2, 0.25) is 0 Å². The zero-order valence-electron chi connectivity index (χ0n) is 20.9. The summed E-state index contributed by atoms with van der Waals surface area (Å²) in [6.45, 7) is 4.09. The average Bonchev–Trinajstić information content (AvgIpc) is 3.32. The third-order valence-electron chi connectivity index (χ3n) is 6.49. The standard InChI is InChI=1S/C28H23F4N3O3S/c1-27(2)14-19(27)25(37)35-26-34-21-9-7-18(13-23(21)39-26)38-17-6-8-20(29)22(12-17)33-24(36)11-15-4-3-5-16(10-15)28(30,31)32/h3-10,12-13,19H,11,14H2,1-2H3,(H,33,36)(H,34,35,37). The van der Waals surface area contributed by atoms with Gasteiger partial charge >= 0.3 is 6.18 Å². The van der Waals surface area contributed by atoms with Gasteiger partial charge in [-0.15, -0.1) is 0 Å². The highest BCUT2D eigenvalue weighted by molar-refractivity contribution is 7.22. The number of aromatic nitrogens is 1. The molecule has 5 rings (SSSR count). The number of rotatable bonds is 7. The van der Waals surface area contributed by atoms with Crippen LogP contribution in [-0.2, 0) is 22.2 Å². The molecule has 0 aliphatic heterocycles. The maximum absolute atomic E-state index is 14.4. The number of fused-ring (bicyclic) bond motifs is 1. The van der Waals surface area contributed by atoms with E-state index in [4.69, 9.17) is 4.74 Å². The van der Waals surface area contributed by atoms with Crippen LogP contribution in [0.25, 0.3) is 10.2 Å². The summed E-state index contributed by atoms with van der Waals surface area (Å²) in [7, 11) is 0. The number of ether oxygens (including phenoxy) is 1. The zero-order chi connectivity index (χ0) is 27.9. The maximum Gasteiger partial charge on any atom is 0.416 e. The molecule has 1 atom stereocenters. The lowest BCUT2D eigenvalue weighted by molar-refractivity contribution is -0.137. The van der Waals surface area contributed by atoms with Crippen LogP contribution in [0, 0.1) is 17.2 Å². The molecule has 11 heteroatoms. The van der Waals surface area contributed by atoms with Gasteiger partial charge in [-0.25, -0.2) is 9.37 Å². The quantitative estimate of drug-likeness (QED) is 0.232. The minimum Gasteiger partial charge on any atom is -0.457 e. The summed E-state index contributed by atoms with van der Waals surface area (Å²) in [6, 6.07) is 13.3. The van der Waals surface area contributed by atoms with Crippen molar-refractivity contribution < 1.29 is 31.9 Å². The molecule has 4 aromatic rings. The van der Waals surface area contributed by atoms with Gasteiger partial charge in [-0.05, 0) is 47.7 Å². The first-order valence-electron chi connectivity index (χ1n) is 12.0. The number of amides is 2. The summed E-state index contributed by atoms with van der Waals surface area (Å²) in [5.74, 6) is -0.817. The molecule has 0 bridgehead atoms. The minimum atomic E-state index is -4.53. The SMILES string of the molecule is CC1(C)CC1C(=O)Nc1nc2ccc(Oc3ccc(F)c(NC(=O)Cc4cccc(C(F)(F)F)c4)c3)cc2s1. The van der Waals surface area contributed by atoms with Crippen LogP contribution >= 0.6 is 11.3 Å². The number of nitrogens with zero attached hydrogens (tertiary/aromatic N) is 1. The van der Waals surface area contributed by atoms with E-state index in [0.717, 1.165) is 29.3 Å². The normalized spacial score (nSPS) is 16.1. The largest absolute Gasteiger partial charge is 0.457 e. The Morgan fingerprint density at radius 1 is 1.05 bits per heavy atom. The summed E-state index contributed by atoms with van der Waals surface area (Å²) < 4.78 is 59.8. The third-order valence-corrected chi connectivity index (χ3v) is 7.42. The lowest BCUT2D eigenvalue weighted by Crippen LogP contribution is -2.16. The Bertz CT molecular complexity index is 1580. The van der Waals surface area contributed by atoms with Crippen molar-refractivity contribution in [3.8, 4) is 11.5 Å². The van der Waals surface area contributed by atoms with E-state index in [1.165, 1.54) is 35.6 Å². The van der Waals surface area contributed by atoms with E-state index in [1.54, 1.807) is 18.2 Å². The second kappa shape index (κ2) is 9.96. The van der Waals surface area contributed by atoms with E-state index in [9.17, 15) is 27.2 Å². The Labute approximate surface area is 225 Å². The van der Waals surface area contributed by atoms with E-state index >= 15 is 0 Å². The molecule has 0 radical (unpaired) electrons.